The van der Waals surface area contributed by atoms with Crippen molar-refractivity contribution in [3.8, 4) is 0 Å². The van der Waals surface area contributed by atoms with Crippen molar-refractivity contribution in [3.05, 3.63) is 63.9 Å². The average molecular weight is 319 g/mol. The van der Waals surface area contributed by atoms with Crippen molar-refractivity contribution in [2.24, 2.45) is 0 Å². The zero-order valence-corrected chi connectivity index (χ0v) is 12.9. The summed E-state index contributed by atoms with van der Waals surface area (Å²) < 4.78 is 1.01. The van der Waals surface area contributed by atoms with Crippen LogP contribution in [0, 0.1) is 0 Å². The van der Waals surface area contributed by atoms with Crippen LogP contribution in [0.15, 0.2) is 47.1 Å². The number of rotatable bonds is 5. The molecule has 0 bridgehead atoms. The van der Waals surface area contributed by atoms with Crippen molar-refractivity contribution in [1.29, 1.82) is 0 Å². The highest BCUT2D eigenvalue weighted by Gasteiger charge is 2.13. The summed E-state index contributed by atoms with van der Waals surface area (Å²) in [7, 11) is 0. The monoisotopic (exact) mass is 318 g/mol. The highest BCUT2D eigenvalue weighted by Crippen LogP contribution is 2.22. The number of aromatic nitrogens is 1. The molecule has 1 N–H and O–H groups in total. The lowest BCUT2D eigenvalue weighted by molar-refractivity contribution is 0.615. The summed E-state index contributed by atoms with van der Waals surface area (Å²) >= 11 is 3.43. The van der Waals surface area contributed by atoms with E-state index in [2.05, 4.69) is 70.4 Å². The van der Waals surface area contributed by atoms with Gasteiger partial charge in [-0.05, 0) is 52.2 Å². The van der Waals surface area contributed by atoms with Gasteiger partial charge in [-0.25, -0.2) is 0 Å². The van der Waals surface area contributed by atoms with Gasteiger partial charge in [0.05, 0.1) is 11.7 Å². The molecule has 2 aromatic rings. The quantitative estimate of drug-likeness (QED) is 0.897. The Bertz CT molecular complexity index is 505. The van der Waals surface area contributed by atoms with Gasteiger partial charge in [-0.1, -0.05) is 38.1 Å². The van der Waals surface area contributed by atoms with E-state index in [-0.39, 0.29) is 6.04 Å². The molecule has 1 atom stereocenters. The summed E-state index contributed by atoms with van der Waals surface area (Å²) in [5.41, 5.74) is 3.67. The number of pyridine rings is 1. The van der Waals surface area contributed by atoms with Crippen LogP contribution in [0.2, 0.25) is 0 Å². The van der Waals surface area contributed by atoms with Gasteiger partial charge >= 0.3 is 0 Å². The molecule has 1 heterocycles. The Labute approximate surface area is 123 Å². The molecule has 0 saturated carbocycles. The minimum absolute atomic E-state index is 0.156. The Morgan fingerprint density at radius 2 is 1.84 bits per heavy atom. The van der Waals surface area contributed by atoms with E-state index in [9.17, 15) is 0 Å². The molecule has 0 spiro atoms. The summed E-state index contributed by atoms with van der Waals surface area (Å²) in [6.07, 6.45) is 2.92. The highest BCUT2D eigenvalue weighted by atomic mass is 79.9. The molecular formula is C16H19BrN2. The first-order valence-electron chi connectivity index (χ1n) is 6.68. The lowest BCUT2D eigenvalue weighted by Crippen LogP contribution is -2.22. The van der Waals surface area contributed by atoms with Crippen LogP contribution < -0.4 is 5.32 Å². The normalized spacial score (nSPS) is 12.4. The van der Waals surface area contributed by atoms with Gasteiger partial charge < -0.3 is 5.32 Å². The SMILES string of the molecule is CCNC(c1ccc(CC)cc1)c1ccc(Br)cn1. The van der Waals surface area contributed by atoms with Gasteiger partial charge in [-0.15, -0.1) is 0 Å². The topological polar surface area (TPSA) is 24.9 Å². The number of nitrogens with zero attached hydrogens (tertiary/aromatic N) is 1. The second-order valence-electron chi connectivity index (χ2n) is 4.49. The van der Waals surface area contributed by atoms with Gasteiger partial charge in [0.25, 0.3) is 0 Å². The predicted molar refractivity (Wildman–Crippen MR) is 83.3 cm³/mol. The summed E-state index contributed by atoms with van der Waals surface area (Å²) in [6.45, 7) is 5.21. The van der Waals surface area contributed by atoms with Crippen molar-refractivity contribution < 1.29 is 0 Å². The molecule has 19 heavy (non-hydrogen) atoms. The van der Waals surface area contributed by atoms with Crippen LogP contribution in [0.5, 0.6) is 0 Å². The van der Waals surface area contributed by atoms with Gasteiger partial charge in [-0.3, -0.25) is 4.98 Å². The van der Waals surface area contributed by atoms with Crippen LogP contribution in [0.3, 0.4) is 0 Å². The lowest BCUT2D eigenvalue weighted by Gasteiger charge is -2.18. The second-order valence-corrected chi connectivity index (χ2v) is 5.40. The molecule has 0 amide bonds. The van der Waals surface area contributed by atoms with E-state index in [1.165, 1.54) is 11.1 Å². The molecular weight excluding hydrogens is 300 g/mol. The number of nitrogens with one attached hydrogen (secondary N) is 1. The van der Waals surface area contributed by atoms with E-state index in [4.69, 9.17) is 0 Å². The average Bonchev–Trinajstić information content (AvgIpc) is 2.46. The Hall–Kier alpha value is -1.19. The second kappa shape index (κ2) is 6.83. The van der Waals surface area contributed by atoms with Crippen LogP contribution in [-0.4, -0.2) is 11.5 Å². The minimum atomic E-state index is 0.156. The first kappa shape index (κ1) is 14.2. The molecule has 0 aliphatic carbocycles. The Morgan fingerprint density at radius 1 is 1.11 bits per heavy atom. The van der Waals surface area contributed by atoms with E-state index < -0.39 is 0 Å². The van der Waals surface area contributed by atoms with E-state index in [0.29, 0.717) is 0 Å². The van der Waals surface area contributed by atoms with Crippen LogP contribution in [0.25, 0.3) is 0 Å². The molecule has 100 valence electrons. The summed E-state index contributed by atoms with van der Waals surface area (Å²) in [5.74, 6) is 0. The van der Waals surface area contributed by atoms with Crippen molar-refractivity contribution >= 4 is 15.9 Å². The fourth-order valence-corrected chi connectivity index (χ4v) is 2.34. The fourth-order valence-electron chi connectivity index (χ4n) is 2.10. The number of aryl methyl sites for hydroxylation is 1. The van der Waals surface area contributed by atoms with Crippen LogP contribution >= 0.6 is 15.9 Å². The van der Waals surface area contributed by atoms with Gasteiger partial charge in [0.1, 0.15) is 0 Å². The van der Waals surface area contributed by atoms with Crippen molar-refractivity contribution in [3.63, 3.8) is 0 Å². The Kier molecular flexibility index (Phi) is 5.11. The zero-order valence-electron chi connectivity index (χ0n) is 11.4. The van der Waals surface area contributed by atoms with Crippen molar-refractivity contribution in [1.82, 2.24) is 10.3 Å². The maximum absolute atomic E-state index is 4.51. The lowest BCUT2D eigenvalue weighted by atomic mass is 10.0. The van der Waals surface area contributed by atoms with Crippen LogP contribution in [0.4, 0.5) is 0 Å². The molecule has 1 aromatic heterocycles. The van der Waals surface area contributed by atoms with Gasteiger partial charge in [0.15, 0.2) is 0 Å². The van der Waals surface area contributed by atoms with E-state index in [1.54, 1.807) is 0 Å². The van der Waals surface area contributed by atoms with E-state index >= 15 is 0 Å². The standard InChI is InChI=1S/C16H19BrN2/c1-3-12-5-7-13(8-6-12)16(18-4-2)15-10-9-14(17)11-19-15/h5-11,16,18H,3-4H2,1-2H3. The van der Waals surface area contributed by atoms with Crippen molar-refractivity contribution in [2.45, 2.75) is 26.3 Å². The maximum atomic E-state index is 4.51. The molecule has 1 aromatic carbocycles. The third-order valence-electron chi connectivity index (χ3n) is 3.18. The summed E-state index contributed by atoms with van der Waals surface area (Å²) in [4.78, 5) is 4.51. The third kappa shape index (κ3) is 3.64. The van der Waals surface area contributed by atoms with Crippen LogP contribution in [-0.2, 0) is 6.42 Å². The zero-order chi connectivity index (χ0) is 13.7. The van der Waals surface area contributed by atoms with Crippen LogP contribution in [0.1, 0.15) is 36.7 Å². The molecule has 1 unspecified atom stereocenters. The molecule has 3 heteroatoms. The largest absolute Gasteiger partial charge is 0.305 e. The van der Waals surface area contributed by atoms with Gasteiger partial charge in [0, 0.05) is 10.7 Å². The summed E-state index contributed by atoms with van der Waals surface area (Å²) in [5, 5.41) is 3.49. The Morgan fingerprint density at radius 3 is 2.37 bits per heavy atom. The number of hydrogen-bond donors (Lipinski definition) is 1. The minimum Gasteiger partial charge on any atom is -0.305 e. The fraction of sp³-hybridized carbons (Fsp3) is 0.312. The van der Waals surface area contributed by atoms with E-state index in [1.807, 2.05) is 12.3 Å². The smallest absolute Gasteiger partial charge is 0.0751 e. The summed E-state index contributed by atoms with van der Waals surface area (Å²) in [6, 6.07) is 13.0. The predicted octanol–water partition coefficient (Wildman–Crippen LogP) is 4.11. The Balaban J connectivity index is 2.30. The number of halogens is 1. The third-order valence-corrected chi connectivity index (χ3v) is 3.64. The first-order valence-corrected chi connectivity index (χ1v) is 7.47. The number of benzene rings is 1. The molecule has 0 aliphatic heterocycles. The first-order chi connectivity index (χ1) is 9.24. The molecule has 0 aliphatic rings. The van der Waals surface area contributed by atoms with Crippen molar-refractivity contribution in [2.75, 3.05) is 6.54 Å². The van der Waals surface area contributed by atoms with Gasteiger partial charge in [-0.2, -0.15) is 0 Å². The highest BCUT2D eigenvalue weighted by molar-refractivity contribution is 9.10. The molecule has 2 rings (SSSR count). The van der Waals surface area contributed by atoms with Gasteiger partial charge in [0.2, 0.25) is 0 Å². The molecule has 0 fully saturated rings. The molecule has 0 radical (unpaired) electrons. The maximum Gasteiger partial charge on any atom is 0.0751 e. The number of hydrogen-bond acceptors (Lipinski definition) is 2. The van der Waals surface area contributed by atoms with E-state index in [0.717, 1.165) is 23.1 Å². The molecule has 0 saturated heterocycles. The molecule has 2 nitrogen and oxygen atoms in total.